The topological polar surface area (TPSA) is 47.7 Å². The van der Waals surface area contributed by atoms with Gasteiger partial charge in [0.05, 0.1) is 20.3 Å². The largest absolute Gasteiger partial charge is 0.497 e. The zero-order valence-electron chi connectivity index (χ0n) is 11.3. The third-order valence-electron chi connectivity index (χ3n) is 3.69. The van der Waals surface area contributed by atoms with E-state index in [1.54, 1.807) is 14.2 Å². The van der Waals surface area contributed by atoms with Crippen LogP contribution in [0.4, 0.5) is 0 Å². The molecule has 4 nitrogen and oxygen atoms in total. The van der Waals surface area contributed by atoms with Gasteiger partial charge in [0.2, 0.25) is 0 Å². The summed E-state index contributed by atoms with van der Waals surface area (Å²) in [6.45, 7) is 1.08. The maximum atomic E-state index is 6.27. The van der Waals surface area contributed by atoms with Gasteiger partial charge in [-0.15, -0.1) is 0 Å². The molecule has 1 saturated heterocycles. The van der Waals surface area contributed by atoms with Gasteiger partial charge in [0, 0.05) is 17.7 Å². The summed E-state index contributed by atoms with van der Waals surface area (Å²) in [5.74, 6) is 1.66. The highest BCUT2D eigenvalue weighted by Crippen LogP contribution is 2.36. The van der Waals surface area contributed by atoms with Crippen LogP contribution < -0.4 is 15.2 Å². The lowest BCUT2D eigenvalue weighted by Crippen LogP contribution is -2.43. The SMILES string of the molecule is COc1ccc(C2C(N)CCCN2C)c(OC)c1. The van der Waals surface area contributed by atoms with E-state index in [1.165, 1.54) is 0 Å². The number of likely N-dealkylation sites (N-methyl/N-ethyl adjacent to an activating group) is 1. The lowest BCUT2D eigenvalue weighted by molar-refractivity contribution is 0.159. The number of piperidine rings is 1. The van der Waals surface area contributed by atoms with Crippen LogP contribution in [0.3, 0.4) is 0 Å². The predicted octanol–water partition coefficient (Wildman–Crippen LogP) is 1.80. The quantitative estimate of drug-likeness (QED) is 0.888. The molecule has 1 fully saturated rings. The number of nitrogens with two attached hydrogens (primary N) is 1. The van der Waals surface area contributed by atoms with Gasteiger partial charge >= 0.3 is 0 Å². The zero-order chi connectivity index (χ0) is 13.1. The van der Waals surface area contributed by atoms with E-state index in [0.717, 1.165) is 36.4 Å². The molecule has 0 radical (unpaired) electrons. The summed E-state index contributed by atoms with van der Waals surface area (Å²) in [4.78, 5) is 2.30. The molecule has 0 bridgehead atoms. The summed E-state index contributed by atoms with van der Waals surface area (Å²) in [6, 6.07) is 6.33. The predicted molar refractivity (Wildman–Crippen MR) is 72.1 cm³/mol. The number of hydrogen-bond donors (Lipinski definition) is 1. The van der Waals surface area contributed by atoms with Gasteiger partial charge in [-0.05, 0) is 32.5 Å². The van der Waals surface area contributed by atoms with Crippen molar-refractivity contribution < 1.29 is 9.47 Å². The molecular formula is C14H22N2O2. The maximum Gasteiger partial charge on any atom is 0.127 e. The first-order valence-electron chi connectivity index (χ1n) is 6.35. The number of methoxy groups -OCH3 is 2. The molecule has 0 spiro atoms. The van der Waals surface area contributed by atoms with Gasteiger partial charge < -0.3 is 15.2 Å². The van der Waals surface area contributed by atoms with Crippen molar-refractivity contribution in [1.29, 1.82) is 0 Å². The number of rotatable bonds is 3. The molecule has 2 atom stereocenters. The standard InChI is InChI=1S/C14H22N2O2/c1-16-8-4-5-12(15)14(16)11-7-6-10(17-2)9-13(11)18-3/h6-7,9,12,14H,4-5,8,15H2,1-3H3. The first-order valence-corrected chi connectivity index (χ1v) is 6.35. The number of likely N-dealkylation sites (tertiary alicyclic amines) is 1. The third-order valence-corrected chi connectivity index (χ3v) is 3.69. The van der Waals surface area contributed by atoms with Crippen LogP contribution in [-0.4, -0.2) is 38.8 Å². The van der Waals surface area contributed by atoms with Crippen LogP contribution >= 0.6 is 0 Å². The molecular weight excluding hydrogens is 228 g/mol. The van der Waals surface area contributed by atoms with Gasteiger partial charge in [-0.1, -0.05) is 6.07 Å². The Balaban J connectivity index is 2.36. The minimum atomic E-state index is 0.158. The van der Waals surface area contributed by atoms with Gasteiger partial charge in [-0.25, -0.2) is 0 Å². The molecule has 0 aromatic heterocycles. The van der Waals surface area contributed by atoms with E-state index in [-0.39, 0.29) is 12.1 Å². The molecule has 0 aliphatic carbocycles. The highest BCUT2D eigenvalue weighted by atomic mass is 16.5. The van der Waals surface area contributed by atoms with Gasteiger partial charge in [0.1, 0.15) is 11.5 Å². The Labute approximate surface area is 109 Å². The van der Waals surface area contributed by atoms with Crippen molar-refractivity contribution in [2.75, 3.05) is 27.8 Å². The van der Waals surface area contributed by atoms with Crippen LogP contribution in [0, 0.1) is 0 Å². The van der Waals surface area contributed by atoms with Crippen LogP contribution in [0.25, 0.3) is 0 Å². The summed E-state index contributed by atoms with van der Waals surface area (Å²) < 4.78 is 10.7. The second kappa shape index (κ2) is 5.59. The van der Waals surface area contributed by atoms with Crippen molar-refractivity contribution in [1.82, 2.24) is 4.90 Å². The first-order chi connectivity index (χ1) is 8.67. The third kappa shape index (κ3) is 2.44. The Morgan fingerprint density at radius 2 is 2.06 bits per heavy atom. The van der Waals surface area contributed by atoms with Gasteiger partial charge in [0.25, 0.3) is 0 Å². The fraction of sp³-hybridized carbons (Fsp3) is 0.571. The first kappa shape index (κ1) is 13.2. The molecule has 0 saturated carbocycles. The van der Waals surface area contributed by atoms with Crippen molar-refractivity contribution in [3.05, 3.63) is 23.8 Å². The van der Waals surface area contributed by atoms with Gasteiger partial charge in [0.15, 0.2) is 0 Å². The Hall–Kier alpha value is -1.26. The summed E-state index contributed by atoms with van der Waals surface area (Å²) in [6.07, 6.45) is 2.22. The summed E-state index contributed by atoms with van der Waals surface area (Å²) >= 11 is 0. The Kier molecular flexibility index (Phi) is 4.09. The van der Waals surface area contributed by atoms with Crippen LogP contribution in [0.15, 0.2) is 18.2 Å². The molecule has 2 unspecified atom stereocenters. The highest BCUT2D eigenvalue weighted by Gasteiger charge is 2.30. The van der Waals surface area contributed by atoms with E-state index >= 15 is 0 Å². The molecule has 4 heteroatoms. The van der Waals surface area contributed by atoms with E-state index in [4.69, 9.17) is 15.2 Å². The van der Waals surface area contributed by atoms with Gasteiger partial charge in [-0.3, -0.25) is 4.90 Å². The van der Waals surface area contributed by atoms with Crippen molar-refractivity contribution in [3.63, 3.8) is 0 Å². The molecule has 1 aliphatic rings. The molecule has 1 aromatic rings. The van der Waals surface area contributed by atoms with E-state index in [0.29, 0.717) is 0 Å². The second-order valence-corrected chi connectivity index (χ2v) is 4.84. The number of nitrogens with zero attached hydrogens (tertiary/aromatic N) is 1. The van der Waals surface area contributed by atoms with Crippen LogP contribution in [0.1, 0.15) is 24.4 Å². The van der Waals surface area contributed by atoms with Gasteiger partial charge in [-0.2, -0.15) is 0 Å². The van der Waals surface area contributed by atoms with E-state index in [2.05, 4.69) is 18.0 Å². The minimum Gasteiger partial charge on any atom is -0.497 e. The fourth-order valence-electron chi connectivity index (χ4n) is 2.73. The minimum absolute atomic E-state index is 0.158. The van der Waals surface area contributed by atoms with Crippen LogP contribution in [0.2, 0.25) is 0 Å². The molecule has 1 aromatic carbocycles. The summed E-state index contributed by atoms with van der Waals surface area (Å²) in [5, 5.41) is 0. The molecule has 0 amide bonds. The number of benzene rings is 1. The monoisotopic (exact) mass is 250 g/mol. The molecule has 1 aliphatic heterocycles. The molecule has 100 valence electrons. The van der Waals surface area contributed by atoms with Crippen LogP contribution in [-0.2, 0) is 0 Å². The zero-order valence-corrected chi connectivity index (χ0v) is 11.3. The summed E-state index contributed by atoms with van der Waals surface area (Å²) in [5.41, 5.74) is 7.41. The summed E-state index contributed by atoms with van der Waals surface area (Å²) in [7, 11) is 5.47. The van der Waals surface area contributed by atoms with E-state index < -0.39 is 0 Å². The highest BCUT2D eigenvalue weighted by molar-refractivity contribution is 5.43. The normalized spacial score (nSPS) is 24.9. The number of hydrogen-bond acceptors (Lipinski definition) is 4. The Morgan fingerprint density at radius 3 is 2.67 bits per heavy atom. The number of ether oxygens (including phenoxy) is 2. The average Bonchev–Trinajstić information content (AvgIpc) is 2.38. The fourth-order valence-corrected chi connectivity index (χ4v) is 2.73. The lowest BCUT2D eigenvalue weighted by atomic mass is 9.91. The van der Waals surface area contributed by atoms with E-state index in [1.807, 2.05) is 12.1 Å². The Bertz CT molecular complexity index is 399. The van der Waals surface area contributed by atoms with Crippen LogP contribution in [0.5, 0.6) is 11.5 Å². The molecule has 1 heterocycles. The molecule has 18 heavy (non-hydrogen) atoms. The smallest absolute Gasteiger partial charge is 0.127 e. The second-order valence-electron chi connectivity index (χ2n) is 4.84. The maximum absolute atomic E-state index is 6.27. The van der Waals surface area contributed by atoms with Crippen molar-refractivity contribution in [3.8, 4) is 11.5 Å². The van der Waals surface area contributed by atoms with Crippen molar-refractivity contribution in [2.45, 2.75) is 24.9 Å². The lowest BCUT2D eigenvalue weighted by Gasteiger charge is -2.38. The van der Waals surface area contributed by atoms with Crippen molar-refractivity contribution in [2.24, 2.45) is 5.73 Å². The molecule has 2 N–H and O–H groups in total. The van der Waals surface area contributed by atoms with Crippen molar-refractivity contribution >= 4 is 0 Å². The average molecular weight is 250 g/mol. The Morgan fingerprint density at radius 1 is 1.28 bits per heavy atom. The van der Waals surface area contributed by atoms with E-state index in [9.17, 15) is 0 Å². The molecule has 2 rings (SSSR count).